The molecule has 2 heterocycles. The van der Waals surface area contributed by atoms with Gasteiger partial charge in [0.2, 0.25) is 0 Å². The molecule has 1 atom stereocenters. The van der Waals surface area contributed by atoms with Gasteiger partial charge < -0.3 is 4.90 Å². The first-order chi connectivity index (χ1) is 15.0. The van der Waals surface area contributed by atoms with E-state index in [2.05, 4.69) is 90.9 Å². The van der Waals surface area contributed by atoms with E-state index in [1.165, 1.54) is 39.1 Å². The van der Waals surface area contributed by atoms with E-state index in [4.69, 9.17) is 0 Å². The van der Waals surface area contributed by atoms with E-state index in [9.17, 15) is 4.79 Å². The average molecular weight is 430 g/mol. The van der Waals surface area contributed by atoms with Crippen molar-refractivity contribution < 1.29 is 4.79 Å². The monoisotopic (exact) mass is 429 g/mol. The third kappa shape index (κ3) is 4.33. The number of benzene rings is 1. The van der Waals surface area contributed by atoms with E-state index in [0.717, 1.165) is 30.4 Å². The van der Waals surface area contributed by atoms with Crippen LogP contribution in [-0.2, 0) is 17.6 Å². The van der Waals surface area contributed by atoms with Crippen molar-refractivity contribution in [1.82, 2.24) is 4.90 Å². The first-order valence-electron chi connectivity index (χ1n) is 11.9. The van der Waals surface area contributed by atoms with Gasteiger partial charge in [-0.15, -0.1) is 0 Å². The van der Waals surface area contributed by atoms with Crippen LogP contribution in [0.15, 0.2) is 60.4 Å². The lowest BCUT2D eigenvalue weighted by molar-refractivity contribution is -0.115. The summed E-state index contributed by atoms with van der Waals surface area (Å²) in [7, 11) is 0. The van der Waals surface area contributed by atoms with Gasteiger partial charge in [0.15, 0.2) is 5.78 Å². The molecule has 1 aromatic carbocycles. The summed E-state index contributed by atoms with van der Waals surface area (Å²) in [5.41, 5.74) is 10.7. The van der Waals surface area contributed by atoms with Gasteiger partial charge in [0.25, 0.3) is 0 Å². The Labute approximate surface area is 195 Å². The molecule has 0 N–H and O–H groups in total. The van der Waals surface area contributed by atoms with Crippen molar-refractivity contribution in [2.24, 2.45) is 5.41 Å². The molecule has 1 unspecified atom stereocenters. The zero-order chi connectivity index (χ0) is 23.8. The van der Waals surface area contributed by atoms with E-state index in [-0.39, 0.29) is 17.2 Å². The summed E-state index contributed by atoms with van der Waals surface area (Å²) in [5, 5.41) is 0. The minimum atomic E-state index is 0.0520. The van der Waals surface area contributed by atoms with Gasteiger partial charge in [-0.25, -0.2) is 0 Å². The highest BCUT2D eigenvalue weighted by Gasteiger charge is 2.38. The predicted molar refractivity (Wildman–Crippen MR) is 138 cm³/mol. The van der Waals surface area contributed by atoms with Crippen LogP contribution in [0.2, 0.25) is 0 Å². The van der Waals surface area contributed by atoms with E-state index < -0.39 is 0 Å². The molecule has 0 spiro atoms. The summed E-state index contributed by atoms with van der Waals surface area (Å²) in [6, 6.07) is 5.03. The number of carbonyl (C=O) groups excluding carboxylic acids is 1. The van der Waals surface area contributed by atoms with Gasteiger partial charge in [0, 0.05) is 35.5 Å². The quantitative estimate of drug-likeness (QED) is 0.432. The molecule has 0 aliphatic carbocycles. The second-order valence-electron chi connectivity index (χ2n) is 10.3. The number of fused-ring (bicyclic) bond motifs is 3. The standard InChI is InChI=1S/C30H39NO/c1-10-13-28(32)26-18-31-27(14-20(26)5)25-15-22(12-3)24(21(6)19(4)11-2)16-23(25)17-29(31)30(7,8)9/h11,14-16,18,29H,2,5,10,12-13,17H2,1,3-4,6-9H3/b21-19+. The molecule has 2 nitrogen and oxygen atoms in total. The van der Waals surface area contributed by atoms with Gasteiger partial charge in [-0.1, -0.05) is 59.9 Å². The minimum Gasteiger partial charge on any atom is -0.343 e. The Bertz CT molecular complexity index is 1060. The summed E-state index contributed by atoms with van der Waals surface area (Å²) in [5.74, 6) is 0.191. The molecule has 0 aromatic heterocycles. The van der Waals surface area contributed by atoms with Crippen molar-refractivity contribution >= 4 is 17.1 Å². The molecule has 3 rings (SSSR count). The van der Waals surface area contributed by atoms with Crippen LogP contribution in [-0.4, -0.2) is 16.7 Å². The number of hydrogen-bond acceptors (Lipinski definition) is 2. The van der Waals surface area contributed by atoms with Crippen LogP contribution >= 0.6 is 0 Å². The summed E-state index contributed by atoms with van der Waals surface area (Å²) in [6.07, 6.45) is 9.50. The number of Topliss-reactive ketones (excluding diaryl/α,β-unsaturated/α-hetero) is 1. The fourth-order valence-electron chi connectivity index (χ4n) is 4.83. The summed E-state index contributed by atoms with van der Waals surface area (Å²) >= 11 is 0. The van der Waals surface area contributed by atoms with Gasteiger partial charge in [0.1, 0.15) is 0 Å². The highest BCUT2D eigenvalue weighted by molar-refractivity contribution is 6.01. The van der Waals surface area contributed by atoms with E-state index in [1.54, 1.807) is 0 Å². The number of allylic oxidation sites excluding steroid dienone is 6. The van der Waals surface area contributed by atoms with Gasteiger partial charge in [0.05, 0.1) is 0 Å². The van der Waals surface area contributed by atoms with Crippen LogP contribution in [0, 0.1) is 5.41 Å². The van der Waals surface area contributed by atoms with Crippen molar-refractivity contribution in [3.05, 3.63) is 82.6 Å². The molecule has 0 fully saturated rings. The molecule has 32 heavy (non-hydrogen) atoms. The Hall–Kier alpha value is -2.61. The molecule has 170 valence electrons. The molecular weight excluding hydrogens is 390 g/mol. The van der Waals surface area contributed by atoms with Crippen LogP contribution < -0.4 is 0 Å². The number of hydrogen-bond donors (Lipinski definition) is 0. The van der Waals surface area contributed by atoms with E-state index in [0.29, 0.717) is 6.42 Å². The molecule has 0 saturated heterocycles. The zero-order valence-corrected chi connectivity index (χ0v) is 21.1. The maximum Gasteiger partial charge on any atom is 0.164 e. The molecule has 2 heteroatoms. The van der Waals surface area contributed by atoms with Crippen LogP contribution in [0.25, 0.3) is 11.3 Å². The third-order valence-electron chi connectivity index (χ3n) is 7.02. The van der Waals surface area contributed by atoms with Crippen LogP contribution in [0.4, 0.5) is 0 Å². The van der Waals surface area contributed by atoms with Crippen LogP contribution in [0.1, 0.15) is 83.6 Å². The molecule has 0 radical (unpaired) electrons. The zero-order valence-electron chi connectivity index (χ0n) is 21.1. The number of rotatable bonds is 6. The first kappa shape index (κ1) is 24.0. The first-order valence-corrected chi connectivity index (χ1v) is 11.9. The Morgan fingerprint density at radius 1 is 1.22 bits per heavy atom. The highest BCUT2D eigenvalue weighted by Crippen LogP contribution is 2.44. The molecule has 1 aromatic rings. The van der Waals surface area contributed by atoms with Crippen LogP contribution in [0.3, 0.4) is 0 Å². The largest absolute Gasteiger partial charge is 0.343 e. The fraction of sp³-hybridized carbons (Fsp3) is 0.433. The average Bonchev–Trinajstić information content (AvgIpc) is 2.75. The number of ketones is 1. The minimum absolute atomic E-state index is 0.0520. The number of aryl methyl sites for hydroxylation is 1. The van der Waals surface area contributed by atoms with Crippen molar-refractivity contribution in [1.29, 1.82) is 0 Å². The second kappa shape index (κ2) is 9.10. The molecular formula is C30H39NO. The molecule has 0 saturated carbocycles. The van der Waals surface area contributed by atoms with Crippen molar-refractivity contribution in [3.8, 4) is 0 Å². The van der Waals surface area contributed by atoms with Gasteiger partial charge in [-0.3, -0.25) is 4.79 Å². The lowest BCUT2D eigenvalue weighted by atomic mass is 9.75. The third-order valence-corrected chi connectivity index (χ3v) is 7.02. The maximum absolute atomic E-state index is 12.8. The van der Waals surface area contributed by atoms with Crippen molar-refractivity contribution in [2.75, 3.05) is 0 Å². The normalized spacial score (nSPS) is 18.9. The van der Waals surface area contributed by atoms with Crippen molar-refractivity contribution in [2.45, 2.75) is 80.2 Å². The Kier molecular flexibility index (Phi) is 6.83. The predicted octanol–water partition coefficient (Wildman–Crippen LogP) is 7.67. The second-order valence-corrected chi connectivity index (χ2v) is 10.3. The maximum atomic E-state index is 12.8. The summed E-state index contributed by atoms with van der Waals surface area (Å²) < 4.78 is 0. The van der Waals surface area contributed by atoms with Gasteiger partial charge in [-0.05, 0) is 84.1 Å². The lowest BCUT2D eigenvalue weighted by Crippen LogP contribution is -2.46. The smallest absolute Gasteiger partial charge is 0.164 e. The Balaban J connectivity index is 2.22. The van der Waals surface area contributed by atoms with E-state index >= 15 is 0 Å². The van der Waals surface area contributed by atoms with Crippen molar-refractivity contribution in [3.63, 3.8) is 0 Å². The lowest BCUT2D eigenvalue weighted by Gasteiger charge is -2.47. The molecule has 0 amide bonds. The highest BCUT2D eigenvalue weighted by atomic mass is 16.1. The Morgan fingerprint density at radius 3 is 2.47 bits per heavy atom. The molecule has 2 aliphatic heterocycles. The number of nitrogens with zero attached hydrogens (tertiary/aromatic N) is 1. The summed E-state index contributed by atoms with van der Waals surface area (Å²) in [4.78, 5) is 15.2. The van der Waals surface area contributed by atoms with Gasteiger partial charge in [-0.2, -0.15) is 0 Å². The SMILES string of the molecule is C=C/C(C)=C(\C)c1cc2c(cc1CC)C1=CC(=C)C(C(=O)CCC)=CN1C(C(C)(C)C)C2. The number of carbonyl (C=O) groups is 1. The van der Waals surface area contributed by atoms with Crippen LogP contribution in [0.5, 0.6) is 0 Å². The van der Waals surface area contributed by atoms with E-state index in [1.807, 2.05) is 6.08 Å². The fourth-order valence-corrected chi connectivity index (χ4v) is 4.83. The molecule has 0 bridgehead atoms. The molecule has 2 aliphatic rings. The summed E-state index contributed by atoms with van der Waals surface area (Å²) in [6.45, 7) is 23.7. The van der Waals surface area contributed by atoms with Gasteiger partial charge >= 0.3 is 0 Å². The Morgan fingerprint density at radius 2 is 1.91 bits per heavy atom. The topological polar surface area (TPSA) is 20.3 Å².